The number of hydrogen-bond acceptors (Lipinski definition) is 2. The Morgan fingerprint density at radius 1 is 1.11 bits per heavy atom. The van der Waals surface area contributed by atoms with Crippen LogP contribution >= 0.6 is 0 Å². The Morgan fingerprint density at radius 2 is 1.79 bits per heavy atom. The Hall–Kier alpha value is -1.13. The molecule has 0 fully saturated rings. The van der Waals surface area contributed by atoms with Crippen LogP contribution in [0.1, 0.15) is 46.5 Å². The van der Waals surface area contributed by atoms with E-state index in [0.29, 0.717) is 12.8 Å². The maximum atomic E-state index is 12.2. The van der Waals surface area contributed by atoms with Gasteiger partial charge in [-0.25, -0.2) is 0 Å². The summed E-state index contributed by atoms with van der Waals surface area (Å²) in [4.78, 5) is 2.31. The van der Waals surface area contributed by atoms with E-state index >= 15 is 0 Å². The first-order chi connectivity index (χ1) is 8.67. The van der Waals surface area contributed by atoms with Crippen LogP contribution in [0.2, 0.25) is 0 Å². The van der Waals surface area contributed by atoms with Gasteiger partial charge in [-0.05, 0) is 51.7 Å². The minimum absolute atomic E-state index is 0.0111. The van der Waals surface area contributed by atoms with Crippen LogP contribution in [0.15, 0.2) is 23.1 Å². The minimum Gasteiger partial charge on any atom is -0.410 e. The molecule has 0 atom stereocenters. The highest BCUT2D eigenvalue weighted by molar-refractivity contribution is 5.33. The van der Waals surface area contributed by atoms with Crippen molar-refractivity contribution in [1.82, 2.24) is 4.90 Å². The first-order valence-corrected chi connectivity index (χ1v) is 6.63. The van der Waals surface area contributed by atoms with Gasteiger partial charge in [-0.3, -0.25) is 0 Å². The lowest BCUT2D eigenvalue weighted by molar-refractivity contribution is -0.306. The van der Waals surface area contributed by atoms with E-state index in [1.165, 1.54) is 5.70 Å². The molecule has 19 heavy (non-hydrogen) atoms. The molecule has 0 aromatic rings. The fourth-order valence-electron chi connectivity index (χ4n) is 2.81. The van der Waals surface area contributed by atoms with Crippen LogP contribution < -0.4 is 0 Å². The highest BCUT2D eigenvalue weighted by Gasteiger charge is 2.35. The number of hydrogen-bond donors (Lipinski definition) is 0. The Kier molecular flexibility index (Phi) is 3.58. The third-order valence-corrected chi connectivity index (χ3v) is 3.52. The van der Waals surface area contributed by atoms with Gasteiger partial charge >= 0.3 is 6.36 Å². The second kappa shape index (κ2) is 4.76. The lowest BCUT2D eigenvalue weighted by Gasteiger charge is -2.44. The van der Waals surface area contributed by atoms with E-state index in [9.17, 15) is 13.2 Å². The third kappa shape index (κ3) is 3.45. The monoisotopic (exact) mass is 275 g/mol. The molecular formula is C14H20F3NO. The lowest BCUT2D eigenvalue weighted by atomic mass is 9.90. The van der Waals surface area contributed by atoms with Gasteiger partial charge in [-0.15, -0.1) is 13.2 Å². The largest absolute Gasteiger partial charge is 0.572 e. The highest BCUT2D eigenvalue weighted by Crippen LogP contribution is 2.38. The van der Waals surface area contributed by atoms with Gasteiger partial charge in [0.05, 0.1) is 0 Å². The first kappa shape index (κ1) is 14.3. The summed E-state index contributed by atoms with van der Waals surface area (Å²) in [5.41, 5.74) is 2.21. The van der Waals surface area contributed by atoms with E-state index in [1.54, 1.807) is 6.08 Å². The van der Waals surface area contributed by atoms with Crippen LogP contribution in [0.5, 0.6) is 0 Å². The highest BCUT2D eigenvalue weighted by atomic mass is 19.4. The second-order valence-corrected chi connectivity index (χ2v) is 6.06. The van der Waals surface area contributed by atoms with E-state index < -0.39 is 6.36 Å². The molecule has 0 bridgehead atoms. The first-order valence-electron chi connectivity index (χ1n) is 6.63. The summed E-state index contributed by atoms with van der Waals surface area (Å²) in [6.45, 7) is 7.38. The average Bonchev–Trinajstić information content (AvgIpc) is 2.24. The van der Waals surface area contributed by atoms with Crippen molar-refractivity contribution < 1.29 is 17.9 Å². The Labute approximate surface area is 111 Å². The molecule has 0 saturated heterocycles. The molecule has 1 aliphatic carbocycles. The molecule has 0 amide bonds. The van der Waals surface area contributed by atoms with Gasteiger partial charge < -0.3 is 9.64 Å². The van der Waals surface area contributed by atoms with Crippen LogP contribution in [-0.2, 0) is 4.74 Å². The molecule has 0 saturated carbocycles. The van der Waals surface area contributed by atoms with E-state index in [4.69, 9.17) is 0 Å². The molecule has 0 N–H and O–H groups in total. The van der Waals surface area contributed by atoms with Gasteiger partial charge in [0.25, 0.3) is 0 Å². The molecular weight excluding hydrogens is 255 g/mol. The molecule has 5 heteroatoms. The molecule has 2 aliphatic rings. The maximum Gasteiger partial charge on any atom is 0.572 e. The van der Waals surface area contributed by atoms with Crippen molar-refractivity contribution >= 4 is 0 Å². The summed E-state index contributed by atoms with van der Waals surface area (Å²) in [5, 5.41) is 0. The lowest BCUT2D eigenvalue weighted by Crippen LogP contribution is -2.43. The molecule has 1 aliphatic heterocycles. The zero-order valence-electron chi connectivity index (χ0n) is 11.6. The molecule has 2 nitrogen and oxygen atoms in total. The van der Waals surface area contributed by atoms with Crippen molar-refractivity contribution in [2.24, 2.45) is 0 Å². The van der Waals surface area contributed by atoms with Crippen LogP contribution in [-0.4, -0.2) is 23.3 Å². The fourth-order valence-corrected chi connectivity index (χ4v) is 2.81. The van der Waals surface area contributed by atoms with Crippen molar-refractivity contribution in [2.45, 2.75) is 58.4 Å². The number of allylic oxidation sites excluding steroid dienone is 4. The van der Waals surface area contributed by atoms with Crippen molar-refractivity contribution in [1.29, 1.82) is 0 Å². The number of nitrogens with zero attached hydrogens (tertiary/aromatic N) is 1. The number of ether oxygens (including phenoxy) is 1. The topological polar surface area (TPSA) is 12.5 Å². The Balaban J connectivity index is 2.23. The second-order valence-electron chi connectivity index (χ2n) is 6.06. The number of rotatable bonds is 1. The van der Waals surface area contributed by atoms with Crippen molar-refractivity contribution in [3.05, 3.63) is 23.1 Å². The normalized spacial score (nSPS) is 21.2. The molecule has 2 rings (SSSR count). The van der Waals surface area contributed by atoms with Gasteiger partial charge in [-0.1, -0.05) is 0 Å². The molecule has 0 radical (unpaired) electrons. The average molecular weight is 275 g/mol. The summed E-state index contributed by atoms with van der Waals surface area (Å²) in [6, 6.07) is 0. The predicted molar refractivity (Wildman–Crippen MR) is 67.2 cm³/mol. The maximum absolute atomic E-state index is 12.2. The smallest absolute Gasteiger partial charge is 0.410 e. The molecule has 108 valence electrons. The Morgan fingerprint density at radius 3 is 2.37 bits per heavy atom. The van der Waals surface area contributed by atoms with Gasteiger partial charge in [-0.2, -0.15) is 0 Å². The van der Waals surface area contributed by atoms with Gasteiger partial charge in [0.2, 0.25) is 0 Å². The standard InChI is InChI=1S/C14H20F3NO/c1-13(2,3)18-8-4-5-10-9-11(6-7-12(10)18)19-14(15,16)17/h9H,4-8H2,1-3H3. The zero-order valence-corrected chi connectivity index (χ0v) is 11.6. The fraction of sp³-hybridized carbons (Fsp3) is 0.714. The number of alkyl halides is 3. The van der Waals surface area contributed by atoms with Crippen molar-refractivity contribution in [2.75, 3.05) is 6.54 Å². The third-order valence-electron chi connectivity index (χ3n) is 3.52. The van der Waals surface area contributed by atoms with Crippen LogP contribution in [0.25, 0.3) is 0 Å². The summed E-state index contributed by atoms with van der Waals surface area (Å²) < 4.78 is 40.8. The van der Waals surface area contributed by atoms with Crippen LogP contribution in [0, 0.1) is 0 Å². The Bertz CT molecular complexity index is 415. The molecule has 0 spiro atoms. The quantitative estimate of drug-likeness (QED) is 0.705. The van der Waals surface area contributed by atoms with E-state index in [2.05, 4.69) is 30.4 Å². The van der Waals surface area contributed by atoms with Crippen molar-refractivity contribution in [3.8, 4) is 0 Å². The molecule has 0 aromatic carbocycles. The minimum atomic E-state index is -4.58. The molecule has 0 aromatic heterocycles. The summed E-state index contributed by atoms with van der Waals surface area (Å²) >= 11 is 0. The van der Waals surface area contributed by atoms with Crippen molar-refractivity contribution in [3.63, 3.8) is 0 Å². The van der Waals surface area contributed by atoms with E-state index in [-0.39, 0.29) is 11.3 Å². The van der Waals surface area contributed by atoms with E-state index in [1.807, 2.05) is 0 Å². The van der Waals surface area contributed by atoms with Gasteiger partial charge in [0, 0.05) is 24.2 Å². The predicted octanol–water partition coefficient (Wildman–Crippen LogP) is 4.35. The van der Waals surface area contributed by atoms with Gasteiger partial charge in [0.1, 0.15) is 5.76 Å². The SMILES string of the molecule is CC(C)(C)N1CCCC2=C1CCC(OC(F)(F)F)=C2. The number of halogens is 3. The summed E-state index contributed by atoms with van der Waals surface area (Å²) in [5.74, 6) is 0.0435. The summed E-state index contributed by atoms with van der Waals surface area (Å²) in [7, 11) is 0. The zero-order chi connectivity index (χ0) is 14.3. The molecule has 0 unspecified atom stereocenters. The van der Waals surface area contributed by atoms with Crippen LogP contribution in [0.3, 0.4) is 0 Å². The molecule has 1 heterocycles. The summed E-state index contributed by atoms with van der Waals surface area (Å²) in [6.07, 6.45) is -0.218. The van der Waals surface area contributed by atoms with E-state index in [0.717, 1.165) is 25.0 Å². The van der Waals surface area contributed by atoms with Gasteiger partial charge in [0.15, 0.2) is 0 Å². The van der Waals surface area contributed by atoms with Crippen LogP contribution in [0.4, 0.5) is 13.2 Å².